The molecule has 5 aliphatic rings. The van der Waals surface area contributed by atoms with Crippen LogP contribution in [0.2, 0.25) is 0 Å². The molecule has 0 radical (unpaired) electrons. The molecule has 17 heteroatoms. The van der Waals surface area contributed by atoms with Crippen LogP contribution in [0.1, 0.15) is 83.2 Å². The molecular weight excluding hydrogens is 804 g/mol. The highest BCUT2D eigenvalue weighted by atomic mass is 19.4. The minimum Gasteiger partial charge on any atom is -0.371 e. The fourth-order valence-electron chi connectivity index (χ4n) is 9.70. The van der Waals surface area contributed by atoms with Crippen molar-refractivity contribution in [3.8, 4) is 6.07 Å². The first-order valence-electron chi connectivity index (χ1n) is 21.4. The van der Waals surface area contributed by atoms with Crippen molar-refractivity contribution in [1.82, 2.24) is 20.1 Å². The number of aromatic nitrogens is 1. The fraction of sp³-hybridized carbons (Fsp3) is 0.489. The number of alkyl halides is 3. The molecule has 0 aliphatic carbocycles. The molecule has 0 spiro atoms. The third-order valence-electron chi connectivity index (χ3n) is 13.2. The zero-order valence-corrected chi connectivity index (χ0v) is 34.6. The zero-order chi connectivity index (χ0) is 43.7. The molecule has 2 aromatic carbocycles. The summed E-state index contributed by atoms with van der Waals surface area (Å²) in [7, 11) is 2.19. The number of anilines is 4. The maximum absolute atomic E-state index is 13.5. The molecule has 0 saturated carbocycles. The molecule has 3 aromatic rings. The second-order valence-corrected chi connectivity index (χ2v) is 17.3. The molecule has 1 atom stereocenters. The maximum Gasteiger partial charge on any atom is 0.417 e. The van der Waals surface area contributed by atoms with Crippen LogP contribution in [0.5, 0.6) is 0 Å². The first-order valence-corrected chi connectivity index (χ1v) is 21.4. The summed E-state index contributed by atoms with van der Waals surface area (Å²) in [6.45, 7) is 6.35. The molecule has 2 N–H and O–H groups in total. The molecule has 5 aliphatic heterocycles. The highest BCUT2D eigenvalue weighted by molar-refractivity contribution is 6.23. The molecule has 1 unspecified atom stereocenters. The van der Waals surface area contributed by atoms with E-state index in [1.54, 1.807) is 24.4 Å². The highest BCUT2D eigenvalue weighted by Gasteiger charge is 2.45. The summed E-state index contributed by atoms with van der Waals surface area (Å²) in [5.74, 6) is -0.884. The predicted octanol–water partition coefficient (Wildman–Crippen LogP) is 5.29. The largest absolute Gasteiger partial charge is 0.417 e. The van der Waals surface area contributed by atoms with Crippen molar-refractivity contribution < 1.29 is 37.1 Å². The Bertz CT molecular complexity index is 2260. The van der Waals surface area contributed by atoms with E-state index in [9.17, 15) is 37.1 Å². The standard InChI is InChI=1S/C45H50F3N9O5/c1-53(26-28-10-16-54(17-11-28)32-4-6-35-36(22-32)44(62)57(43(35)61)38-7-9-40(58)52-42(38)60)27-29-12-18-56(19-13-29)34-5-8-39(50-25-34)51-41(59)30-14-20-55(21-15-30)33-3-2-31(24-49)37(23-33)45(46,47)48/h2-6,8,22-23,25,28-30,38H,7,9-21,26-27H2,1H3,(H,50,51,59)(H,52,58,60). The zero-order valence-electron chi connectivity index (χ0n) is 34.6. The van der Waals surface area contributed by atoms with Gasteiger partial charge in [-0.05, 0) is 112 Å². The highest BCUT2D eigenvalue weighted by Crippen LogP contribution is 2.36. The molecule has 4 saturated heterocycles. The van der Waals surface area contributed by atoms with Crippen molar-refractivity contribution in [3.05, 3.63) is 77.0 Å². The Hall–Kier alpha value is -6.02. The third kappa shape index (κ3) is 9.11. The summed E-state index contributed by atoms with van der Waals surface area (Å²) in [5.41, 5.74) is 1.50. The number of carbonyl (C=O) groups is 5. The molecule has 326 valence electrons. The van der Waals surface area contributed by atoms with E-state index in [1.165, 1.54) is 12.1 Å². The van der Waals surface area contributed by atoms with E-state index in [0.717, 1.165) is 87.3 Å². The van der Waals surface area contributed by atoms with E-state index in [0.29, 0.717) is 54.8 Å². The molecule has 62 heavy (non-hydrogen) atoms. The Morgan fingerprint density at radius 1 is 0.790 bits per heavy atom. The molecule has 8 rings (SSSR count). The number of pyridine rings is 1. The lowest BCUT2D eigenvalue weighted by molar-refractivity contribution is -0.138. The molecule has 5 amide bonds. The Labute approximate surface area is 358 Å². The quantitative estimate of drug-likeness (QED) is 0.255. The van der Waals surface area contributed by atoms with Crippen LogP contribution in [0, 0.1) is 29.1 Å². The van der Waals surface area contributed by atoms with E-state index < -0.39 is 47.0 Å². The Kier molecular flexibility index (Phi) is 12.2. The van der Waals surface area contributed by atoms with Gasteiger partial charge in [0.15, 0.2) is 0 Å². The molecule has 6 heterocycles. The van der Waals surface area contributed by atoms with Gasteiger partial charge in [-0.3, -0.25) is 34.2 Å². The minimum atomic E-state index is -4.63. The number of nitrogens with one attached hydrogen (secondary N) is 2. The molecular formula is C45H50F3N9O5. The number of carbonyl (C=O) groups excluding carboxylic acids is 5. The smallest absolute Gasteiger partial charge is 0.371 e. The molecule has 14 nitrogen and oxygen atoms in total. The van der Waals surface area contributed by atoms with Crippen molar-refractivity contribution in [2.45, 2.75) is 63.6 Å². The topological polar surface area (TPSA) is 162 Å². The van der Waals surface area contributed by atoms with E-state index in [1.807, 2.05) is 23.1 Å². The second kappa shape index (κ2) is 17.8. The maximum atomic E-state index is 13.5. The van der Waals surface area contributed by atoms with Gasteiger partial charge in [-0.2, -0.15) is 18.4 Å². The van der Waals surface area contributed by atoms with Crippen LogP contribution in [0.15, 0.2) is 54.7 Å². The number of imide groups is 2. The van der Waals surface area contributed by atoms with Gasteiger partial charge in [-0.25, -0.2) is 4.98 Å². The SMILES string of the molecule is CN(CC1CCN(c2ccc(NC(=O)C3CCN(c4ccc(C#N)c(C(F)(F)F)c4)CC3)nc2)CC1)CC1CCN(c2ccc3c(c2)C(=O)N(C2CCC(=O)NC2=O)C3=O)CC1. The van der Waals surface area contributed by atoms with Crippen molar-refractivity contribution >= 4 is 52.4 Å². The number of halogens is 3. The number of rotatable bonds is 10. The van der Waals surface area contributed by atoms with Gasteiger partial charge in [0.2, 0.25) is 17.7 Å². The van der Waals surface area contributed by atoms with Crippen molar-refractivity contribution in [3.63, 3.8) is 0 Å². The predicted molar refractivity (Wildman–Crippen MR) is 224 cm³/mol. The van der Waals surface area contributed by atoms with Gasteiger partial charge in [0.25, 0.3) is 11.8 Å². The van der Waals surface area contributed by atoms with Gasteiger partial charge in [0.05, 0.1) is 40.2 Å². The Morgan fingerprint density at radius 2 is 1.35 bits per heavy atom. The van der Waals surface area contributed by atoms with Crippen LogP contribution < -0.4 is 25.3 Å². The number of amides is 5. The van der Waals surface area contributed by atoms with Crippen LogP contribution >= 0.6 is 0 Å². The molecule has 4 fully saturated rings. The average Bonchev–Trinajstić information content (AvgIpc) is 3.51. The Balaban J connectivity index is 0.742. The number of hydrogen-bond donors (Lipinski definition) is 2. The number of nitrogens with zero attached hydrogens (tertiary/aromatic N) is 7. The van der Waals surface area contributed by atoms with Gasteiger partial charge >= 0.3 is 6.18 Å². The fourth-order valence-corrected chi connectivity index (χ4v) is 9.70. The summed E-state index contributed by atoms with van der Waals surface area (Å²) in [4.78, 5) is 78.0. The van der Waals surface area contributed by atoms with Crippen molar-refractivity contribution in [1.29, 1.82) is 5.26 Å². The second-order valence-electron chi connectivity index (χ2n) is 17.3. The van der Waals surface area contributed by atoms with E-state index in [-0.39, 0.29) is 30.2 Å². The number of hydrogen-bond acceptors (Lipinski definition) is 11. The summed E-state index contributed by atoms with van der Waals surface area (Å²) in [6, 6.07) is 13.5. The van der Waals surface area contributed by atoms with Crippen LogP contribution in [0.3, 0.4) is 0 Å². The van der Waals surface area contributed by atoms with Crippen LogP contribution in [-0.4, -0.2) is 110 Å². The summed E-state index contributed by atoms with van der Waals surface area (Å²) < 4.78 is 40.4. The minimum absolute atomic E-state index is 0.0826. The lowest BCUT2D eigenvalue weighted by Gasteiger charge is -2.38. The summed E-state index contributed by atoms with van der Waals surface area (Å²) >= 11 is 0. The molecule has 0 bridgehead atoms. The number of nitriles is 1. The van der Waals surface area contributed by atoms with Crippen molar-refractivity contribution in [2.24, 2.45) is 17.8 Å². The van der Waals surface area contributed by atoms with Gasteiger partial charge in [0.1, 0.15) is 11.9 Å². The first-order chi connectivity index (χ1) is 29.7. The van der Waals surface area contributed by atoms with Crippen molar-refractivity contribution in [2.75, 3.05) is 79.4 Å². The van der Waals surface area contributed by atoms with E-state index >= 15 is 0 Å². The van der Waals surface area contributed by atoms with Gasteiger partial charge in [0, 0.05) is 76.1 Å². The van der Waals surface area contributed by atoms with Crippen LogP contribution in [0.25, 0.3) is 0 Å². The Morgan fingerprint density at radius 3 is 1.94 bits per heavy atom. The van der Waals surface area contributed by atoms with Gasteiger partial charge in [-0.15, -0.1) is 0 Å². The van der Waals surface area contributed by atoms with E-state index in [4.69, 9.17) is 5.26 Å². The number of piperidine rings is 4. The van der Waals surface area contributed by atoms with E-state index in [2.05, 4.69) is 37.4 Å². The van der Waals surface area contributed by atoms with Crippen LogP contribution in [-0.2, 0) is 20.6 Å². The van der Waals surface area contributed by atoms with Gasteiger partial charge in [-0.1, -0.05) is 0 Å². The van der Waals surface area contributed by atoms with Crippen LogP contribution in [0.4, 0.5) is 36.1 Å². The first kappa shape index (κ1) is 42.7. The number of fused-ring (bicyclic) bond motifs is 1. The lowest BCUT2D eigenvalue weighted by atomic mass is 9.93. The monoisotopic (exact) mass is 853 g/mol. The number of benzene rings is 2. The molecule has 1 aromatic heterocycles. The third-order valence-corrected chi connectivity index (χ3v) is 13.2. The summed E-state index contributed by atoms with van der Waals surface area (Å²) in [5, 5.41) is 14.3. The normalized spacial score (nSPS) is 20.7. The lowest BCUT2D eigenvalue weighted by Crippen LogP contribution is -2.54. The summed E-state index contributed by atoms with van der Waals surface area (Å²) in [6.07, 6.45) is 2.46. The average molecular weight is 854 g/mol. The van der Waals surface area contributed by atoms with Gasteiger partial charge < -0.3 is 24.9 Å².